The van der Waals surface area contributed by atoms with Crippen molar-refractivity contribution in [3.05, 3.63) is 164 Å². The number of benzene rings is 8. The molecule has 1 radical (unpaired) electrons. The molecule has 0 fully saturated rings. The zero-order valence-corrected chi connectivity index (χ0v) is 29.0. The molecule has 217 valence electrons. The first kappa shape index (κ1) is 28.6. The first-order chi connectivity index (χ1) is 22.8. The molecule has 0 saturated carbocycles. The summed E-state index contributed by atoms with van der Waals surface area (Å²) in [7, 11) is 0. The van der Waals surface area contributed by atoms with Crippen molar-refractivity contribution in [3.8, 4) is 27.9 Å². The Morgan fingerprint density at radius 1 is 0.447 bits per heavy atom. The molecule has 0 unspecified atom stereocenters. The molecule has 0 amide bonds. The van der Waals surface area contributed by atoms with Crippen molar-refractivity contribution < 1.29 is 32.7 Å². The Kier molecular flexibility index (Phi) is 6.87. The smallest absolute Gasteiger partial charge is 0.0427 e. The van der Waals surface area contributed by atoms with Gasteiger partial charge in [-0.1, -0.05) is 138 Å². The fourth-order valence-electron chi connectivity index (χ4n) is 7.35. The van der Waals surface area contributed by atoms with E-state index in [1.807, 2.05) is 23.5 Å². The molecule has 0 bridgehead atoms. The van der Waals surface area contributed by atoms with Gasteiger partial charge in [0.25, 0.3) is 0 Å². The maximum atomic E-state index is 3.75. The fourth-order valence-corrected chi connectivity index (χ4v) is 8.71. The molecule has 0 spiro atoms. The van der Waals surface area contributed by atoms with Gasteiger partial charge < -0.3 is 4.57 Å². The molecule has 0 aliphatic heterocycles. The van der Waals surface area contributed by atoms with Crippen LogP contribution in [0.25, 0.3) is 91.3 Å². The fraction of sp³-hybridized carbons (Fsp3) is 0. The van der Waals surface area contributed by atoms with E-state index in [0.29, 0.717) is 0 Å². The van der Waals surface area contributed by atoms with Gasteiger partial charge in [0.05, 0.1) is 0 Å². The van der Waals surface area contributed by atoms with Crippen LogP contribution >= 0.6 is 11.3 Å². The SMILES string of the molecule is [Y].[c-]1ccccc1-n1[c-]c(-c2cccc3c2sc2c(-c4ccc5c6ccccc6c6ccccc6c5c4)cccc23)c2ccccc21. The Hall–Kier alpha value is -4.60. The summed E-state index contributed by atoms with van der Waals surface area (Å²) >= 11 is 1.89. The van der Waals surface area contributed by atoms with Gasteiger partial charge in [0.1, 0.15) is 0 Å². The summed E-state index contributed by atoms with van der Waals surface area (Å²) in [5.41, 5.74) is 6.98. The van der Waals surface area contributed by atoms with Gasteiger partial charge in [-0.15, -0.1) is 17.0 Å². The van der Waals surface area contributed by atoms with Crippen LogP contribution < -0.4 is 0 Å². The van der Waals surface area contributed by atoms with Gasteiger partial charge in [-0.05, 0) is 66.6 Å². The second-order valence-electron chi connectivity index (χ2n) is 11.9. The number of hydrogen-bond donors (Lipinski definition) is 0. The molecule has 3 heteroatoms. The maximum Gasteiger partial charge on any atom is 0.0427 e. The van der Waals surface area contributed by atoms with E-state index in [4.69, 9.17) is 0 Å². The summed E-state index contributed by atoms with van der Waals surface area (Å²) in [5.74, 6) is 0. The summed E-state index contributed by atoms with van der Waals surface area (Å²) in [5, 5.41) is 11.6. The Bertz CT molecular complexity index is 2770. The van der Waals surface area contributed by atoms with Gasteiger partial charge in [0.2, 0.25) is 0 Å². The normalized spacial score (nSPS) is 11.7. The van der Waals surface area contributed by atoms with Crippen LogP contribution in [0.3, 0.4) is 0 Å². The van der Waals surface area contributed by atoms with E-state index < -0.39 is 0 Å². The molecule has 2 heterocycles. The molecule has 0 aliphatic rings. The molecule has 0 aliphatic carbocycles. The number of para-hydroxylation sites is 2. The second-order valence-corrected chi connectivity index (χ2v) is 12.9. The monoisotopic (exact) mass is 688 g/mol. The first-order valence-corrected chi connectivity index (χ1v) is 16.4. The molecule has 10 aromatic rings. The molecule has 8 aromatic carbocycles. The van der Waals surface area contributed by atoms with E-state index in [1.54, 1.807) is 0 Å². The molecule has 0 saturated heterocycles. The van der Waals surface area contributed by atoms with Gasteiger partial charge in [0.15, 0.2) is 0 Å². The van der Waals surface area contributed by atoms with Gasteiger partial charge in [0, 0.05) is 47.5 Å². The number of hydrogen-bond acceptors (Lipinski definition) is 1. The zero-order chi connectivity index (χ0) is 30.2. The van der Waals surface area contributed by atoms with Gasteiger partial charge in [-0.2, -0.15) is 24.3 Å². The van der Waals surface area contributed by atoms with Crippen molar-refractivity contribution in [1.29, 1.82) is 0 Å². The van der Waals surface area contributed by atoms with Crippen molar-refractivity contribution >= 4 is 74.7 Å². The number of aromatic nitrogens is 1. The van der Waals surface area contributed by atoms with Crippen LogP contribution in [0.2, 0.25) is 0 Å². The van der Waals surface area contributed by atoms with E-state index in [0.717, 1.165) is 16.8 Å². The number of thiophene rings is 1. The van der Waals surface area contributed by atoms with Crippen molar-refractivity contribution in [1.82, 2.24) is 4.57 Å². The minimum atomic E-state index is 0. The summed E-state index contributed by atoms with van der Waals surface area (Å²) < 4.78 is 4.75. The minimum Gasteiger partial charge on any atom is -0.439 e. The van der Waals surface area contributed by atoms with Crippen LogP contribution in [-0.2, 0) is 32.7 Å². The Morgan fingerprint density at radius 2 is 1.00 bits per heavy atom. The largest absolute Gasteiger partial charge is 0.439 e. The molecule has 47 heavy (non-hydrogen) atoms. The standard InChI is InChI=1S/C44H25NS.Y/c1-2-12-29(13-3-1)45-27-41(36-18-8-9-23-42(36)45)39-22-11-21-38-37-20-10-19-30(43(37)46-44(38)39)28-24-25-35-33-16-5-4-14-31(33)32-15-6-7-17-34(32)40(35)26-28;/h1-12,14-26H;/q-2;. The molecule has 0 N–H and O–H groups in total. The zero-order valence-electron chi connectivity index (χ0n) is 25.4. The molecule has 1 nitrogen and oxygen atoms in total. The average Bonchev–Trinajstić information content (AvgIpc) is 3.71. The first-order valence-electron chi connectivity index (χ1n) is 15.6. The Labute approximate surface area is 301 Å². The maximum absolute atomic E-state index is 3.75. The van der Waals surface area contributed by atoms with Crippen LogP contribution in [0.15, 0.2) is 152 Å². The Balaban J connectivity index is 0.00000302. The average molecular weight is 689 g/mol. The quantitative estimate of drug-likeness (QED) is 0.129. The third-order valence-electron chi connectivity index (χ3n) is 9.42. The van der Waals surface area contributed by atoms with E-state index in [1.165, 1.54) is 74.6 Å². The third kappa shape index (κ3) is 4.36. The number of nitrogens with zero attached hydrogens (tertiary/aromatic N) is 1. The van der Waals surface area contributed by atoms with Crippen LogP contribution in [0.5, 0.6) is 0 Å². The third-order valence-corrected chi connectivity index (χ3v) is 10.7. The van der Waals surface area contributed by atoms with Gasteiger partial charge in [-0.3, -0.25) is 0 Å². The second kappa shape index (κ2) is 11.3. The molecule has 0 atom stereocenters. The molecular formula is C44H25NSY-2. The molecule has 10 rings (SSSR count). The van der Waals surface area contributed by atoms with Gasteiger partial charge >= 0.3 is 0 Å². The van der Waals surface area contributed by atoms with Crippen LogP contribution in [0.1, 0.15) is 0 Å². The van der Waals surface area contributed by atoms with E-state index >= 15 is 0 Å². The predicted molar refractivity (Wildman–Crippen MR) is 197 cm³/mol. The Morgan fingerprint density at radius 3 is 1.68 bits per heavy atom. The summed E-state index contributed by atoms with van der Waals surface area (Å²) in [6.07, 6.45) is 3.75. The van der Waals surface area contributed by atoms with E-state index in [9.17, 15) is 0 Å². The number of rotatable bonds is 3. The predicted octanol–water partition coefficient (Wildman–Crippen LogP) is 12.4. The topological polar surface area (TPSA) is 4.93 Å². The molecular weight excluding hydrogens is 663 g/mol. The summed E-state index contributed by atoms with van der Waals surface area (Å²) in [6, 6.07) is 58.2. The van der Waals surface area contributed by atoms with Crippen molar-refractivity contribution in [2.24, 2.45) is 0 Å². The van der Waals surface area contributed by atoms with Crippen molar-refractivity contribution in [2.75, 3.05) is 0 Å². The van der Waals surface area contributed by atoms with Crippen LogP contribution in [0.4, 0.5) is 0 Å². The van der Waals surface area contributed by atoms with Crippen molar-refractivity contribution in [3.63, 3.8) is 0 Å². The number of fused-ring (bicyclic) bond motifs is 10. The van der Waals surface area contributed by atoms with E-state index in [2.05, 4.69) is 156 Å². The van der Waals surface area contributed by atoms with Gasteiger partial charge in [-0.25, -0.2) is 6.07 Å². The van der Waals surface area contributed by atoms with E-state index in [-0.39, 0.29) is 32.7 Å². The molecule has 2 aromatic heterocycles. The van der Waals surface area contributed by atoms with Crippen LogP contribution in [-0.4, -0.2) is 4.57 Å². The van der Waals surface area contributed by atoms with Crippen molar-refractivity contribution in [2.45, 2.75) is 0 Å². The summed E-state index contributed by atoms with van der Waals surface area (Å²) in [6.45, 7) is 0. The van der Waals surface area contributed by atoms with Crippen LogP contribution in [0, 0.1) is 12.3 Å². The summed E-state index contributed by atoms with van der Waals surface area (Å²) in [4.78, 5) is 0. The minimum absolute atomic E-state index is 0.